The molecule has 0 aliphatic carbocycles. The third-order valence-electron chi connectivity index (χ3n) is 3.53. The molecule has 0 saturated carbocycles. The van der Waals surface area contributed by atoms with Gasteiger partial charge in [0.05, 0.1) is 0 Å². The average molecular weight is 306 g/mol. The van der Waals surface area contributed by atoms with Crippen molar-refractivity contribution in [2.45, 2.75) is 18.4 Å². The largest absolute Gasteiger partial charge is 0.477 e. The highest BCUT2D eigenvalue weighted by Gasteiger charge is 2.40. The first kappa shape index (κ1) is 16.0. The lowest BCUT2D eigenvalue weighted by molar-refractivity contribution is -0.138. The topological polar surface area (TPSA) is 96.9 Å². The number of carbonyl (C=O) groups is 2. The third kappa shape index (κ3) is 3.10. The van der Waals surface area contributed by atoms with Crippen molar-refractivity contribution in [3.8, 4) is 0 Å². The Balaban J connectivity index is 2.40. The van der Waals surface area contributed by atoms with Gasteiger partial charge >= 0.3 is 5.97 Å². The molecule has 22 heavy (non-hydrogen) atoms. The van der Waals surface area contributed by atoms with Gasteiger partial charge in [-0.1, -0.05) is 30.3 Å². The molecule has 0 spiro atoms. The Bertz CT molecular complexity index is 583. The highest BCUT2D eigenvalue weighted by molar-refractivity contribution is 6.16. The van der Waals surface area contributed by atoms with E-state index >= 15 is 0 Å². The Labute approximate surface area is 127 Å². The van der Waals surface area contributed by atoms with E-state index in [-0.39, 0.29) is 12.0 Å². The summed E-state index contributed by atoms with van der Waals surface area (Å²) < 4.78 is 10.4. The number of hydrogen-bond donors (Lipinski definition) is 3. The van der Waals surface area contributed by atoms with Crippen molar-refractivity contribution in [3.63, 3.8) is 0 Å². The summed E-state index contributed by atoms with van der Waals surface area (Å²) in [5.41, 5.74) is -0.588. The molecule has 118 valence electrons. The molecule has 1 unspecified atom stereocenters. The van der Waals surface area contributed by atoms with Gasteiger partial charge in [0.15, 0.2) is 6.29 Å². The number of carbonyl (C=O) groups excluding carboxylic acids is 1. The zero-order valence-electron chi connectivity index (χ0n) is 12.3. The summed E-state index contributed by atoms with van der Waals surface area (Å²) in [6.07, 6.45) is 0.892. The minimum Gasteiger partial charge on any atom is -0.477 e. The van der Waals surface area contributed by atoms with E-state index in [2.05, 4.69) is 10.6 Å². The standard InChI is InChI=1S/C15H18N2O5/c1-21-12(22-2)8-15(10-6-4-3-5-7-10)16-9-11(14(19)20)13(18)17-15/h3-7,9,12,16H,8H2,1-2H3,(H,17,18)(H,19,20). The molecular weight excluding hydrogens is 288 g/mol. The van der Waals surface area contributed by atoms with Crippen LogP contribution in [0.3, 0.4) is 0 Å². The smallest absolute Gasteiger partial charge is 0.342 e. The SMILES string of the molecule is COC(CC1(c2ccccc2)NC=C(C(=O)O)C(=O)N1)OC. The van der Waals surface area contributed by atoms with E-state index in [0.717, 1.165) is 5.56 Å². The van der Waals surface area contributed by atoms with Gasteiger partial charge in [-0.3, -0.25) is 4.79 Å². The van der Waals surface area contributed by atoms with Crippen molar-refractivity contribution in [1.29, 1.82) is 0 Å². The normalized spacial score (nSPS) is 21.0. The van der Waals surface area contributed by atoms with Crippen molar-refractivity contribution in [2.24, 2.45) is 0 Å². The van der Waals surface area contributed by atoms with Crippen LogP contribution in [-0.2, 0) is 24.7 Å². The second-order valence-electron chi connectivity index (χ2n) is 4.84. The lowest BCUT2D eigenvalue weighted by Crippen LogP contribution is -2.60. The van der Waals surface area contributed by atoms with Gasteiger partial charge < -0.3 is 25.2 Å². The Hall–Kier alpha value is -2.38. The second-order valence-corrected chi connectivity index (χ2v) is 4.84. The summed E-state index contributed by atoms with van der Waals surface area (Å²) in [5, 5.41) is 14.7. The maximum Gasteiger partial charge on any atom is 0.342 e. The first-order valence-electron chi connectivity index (χ1n) is 6.67. The zero-order valence-corrected chi connectivity index (χ0v) is 12.3. The number of nitrogens with one attached hydrogen (secondary N) is 2. The fourth-order valence-electron chi connectivity index (χ4n) is 2.34. The molecule has 0 bridgehead atoms. The number of hydrogen-bond acceptors (Lipinski definition) is 5. The van der Waals surface area contributed by atoms with E-state index in [1.54, 1.807) is 0 Å². The van der Waals surface area contributed by atoms with E-state index < -0.39 is 23.8 Å². The van der Waals surface area contributed by atoms with Gasteiger partial charge in [-0.25, -0.2) is 4.79 Å². The summed E-state index contributed by atoms with van der Waals surface area (Å²) in [4.78, 5) is 23.1. The molecule has 7 nitrogen and oxygen atoms in total. The Morgan fingerprint density at radius 1 is 1.27 bits per heavy atom. The first-order chi connectivity index (χ1) is 10.5. The van der Waals surface area contributed by atoms with E-state index in [1.807, 2.05) is 30.3 Å². The van der Waals surface area contributed by atoms with Crippen LogP contribution in [0.5, 0.6) is 0 Å². The maximum absolute atomic E-state index is 12.1. The van der Waals surface area contributed by atoms with Crippen molar-refractivity contribution >= 4 is 11.9 Å². The second kappa shape index (κ2) is 6.59. The van der Waals surface area contributed by atoms with Crippen LogP contribution < -0.4 is 10.6 Å². The van der Waals surface area contributed by atoms with Crippen molar-refractivity contribution in [2.75, 3.05) is 14.2 Å². The molecule has 0 aromatic heterocycles. The van der Waals surface area contributed by atoms with Crippen LogP contribution in [0.15, 0.2) is 42.1 Å². The Morgan fingerprint density at radius 2 is 1.91 bits per heavy atom. The van der Waals surface area contributed by atoms with Crippen LogP contribution in [0.25, 0.3) is 0 Å². The van der Waals surface area contributed by atoms with Crippen molar-refractivity contribution in [3.05, 3.63) is 47.7 Å². The fourth-order valence-corrected chi connectivity index (χ4v) is 2.34. The molecular formula is C15H18N2O5. The van der Waals surface area contributed by atoms with Crippen LogP contribution >= 0.6 is 0 Å². The molecule has 1 heterocycles. The van der Waals surface area contributed by atoms with Gasteiger partial charge in [-0.15, -0.1) is 0 Å². The highest BCUT2D eigenvalue weighted by atomic mass is 16.7. The van der Waals surface area contributed by atoms with Gasteiger partial charge in [0, 0.05) is 26.8 Å². The first-order valence-corrected chi connectivity index (χ1v) is 6.67. The lowest BCUT2D eigenvalue weighted by atomic mass is 9.93. The van der Waals surface area contributed by atoms with Crippen LogP contribution in [0.1, 0.15) is 12.0 Å². The van der Waals surface area contributed by atoms with Crippen LogP contribution in [0, 0.1) is 0 Å². The number of carboxylic acid groups (broad SMARTS) is 1. The minimum atomic E-state index is -1.29. The van der Waals surface area contributed by atoms with Gasteiger partial charge in [-0.05, 0) is 5.56 Å². The van der Waals surface area contributed by atoms with Crippen molar-refractivity contribution < 1.29 is 24.2 Å². The number of amides is 1. The van der Waals surface area contributed by atoms with E-state index in [9.17, 15) is 9.59 Å². The van der Waals surface area contributed by atoms with E-state index in [4.69, 9.17) is 14.6 Å². The Morgan fingerprint density at radius 3 is 2.41 bits per heavy atom. The molecule has 1 aromatic carbocycles. The molecule has 0 saturated heterocycles. The van der Waals surface area contributed by atoms with Crippen LogP contribution in [0.4, 0.5) is 0 Å². The molecule has 2 rings (SSSR count). The van der Waals surface area contributed by atoms with Gasteiger partial charge in [0.2, 0.25) is 0 Å². The molecule has 1 aliphatic rings. The third-order valence-corrected chi connectivity index (χ3v) is 3.53. The molecule has 1 aliphatic heterocycles. The predicted molar refractivity (Wildman–Crippen MR) is 77.5 cm³/mol. The quantitative estimate of drug-likeness (QED) is 0.524. The molecule has 1 atom stereocenters. The number of benzene rings is 1. The van der Waals surface area contributed by atoms with E-state index in [1.165, 1.54) is 20.4 Å². The predicted octanol–water partition coefficient (Wildman–Crippen LogP) is 0.536. The van der Waals surface area contributed by atoms with Gasteiger partial charge in [0.25, 0.3) is 5.91 Å². The average Bonchev–Trinajstić information content (AvgIpc) is 2.53. The highest BCUT2D eigenvalue weighted by Crippen LogP contribution is 2.28. The molecule has 3 N–H and O–H groups in total. The van der Waals surface area contributed by atoms with Gasteiger partial charge in [0.1, 0.15) is 11.2 Å². The van der Waals surface area contributed by atoms with Crippen LogP contribution in [0.2, 0.25) is 0 Å². The summed E-state index contributed by atoms with van der Waals surface area (Å²) in [6, 6.07) is 9.17. The summed E-state index contributed by atoms with van der Waals surface area (Å²) in [6.45, 7) is 0. The number of aliphatic carboxylic acids is 1. The monoisotopic (exact) mass is 306 g/mol. The van der Waals surface area contributed by atoms with E-state index in [0.29, 0.717) is 0 Å². The summed E-state index contributed by atoms with van der Waals surface area (Å²) in [7, 11) is 2.99. The molecule has 1 amide bonds. The van der Waals surface area contributed by atoms with Gasteiger partial charge in [-0.2, -0.15) is 0 Å². The zero-order chi connectivity index (χ0) is 16.2. The summed E-state index contributed by atoms with van der Waals surface area (Å²) >= 11 is 0. The lowest BCUT2D eigenvalue weighted by Gasteiger charge is -2.40. The Kier molecular flexibility index (Phi) is 4.79. The number of methoxy groups -OCH3 is 2. The summed E-state index contributed by atoms with van der Waals surface area (Å²) in [5.74, 6) is -1.96. The molecule has 0 fully saturated rings. The molecule has 7 heteroatoms. The van der Waals surface area contributed by atoms with Crippen molar-refractivity contribution in [1.82, 2.24) is 10.6 Å². The minimum absolute atomic E-state index is 0.263. The number of ether oxygens (including phenoxy) is 2. The number of carboxylic acids is 1. The number of rotatable bonds is 6. The maximum atomic E-state index is 12.1. The molecule has 0 radical (unpaired) electrons. The molecule has 1 aromatic rings. The fraction of sp³-hybridized carbons (Fsp3) is 0.333. The van der Waals surface area contributed by atoms with Crippen LogP contribution in [-0.4, -0.2) is 37.5 Å².